The summed E-state index contributed by atoms with van der Waals surface area (Å²) in [6, 6.07) is 4.87. The highest BCUT2D eigenvalue weighted by Crippen LogP contribution is 2.33. The summed E-state index contributed by atoms with van der Waals surface area (Å²) in [6.45, 7) is 1.71. The van der Waals surface area contributed by atoms with Gasteiger partial charge in [-0.1, -0.05) is 24.6 Å². The molecule has 0 saturated carbocycles. The van der Waals surface area contributed by atoms with Crippen LogP contribution in [0, 0.1) is 0 Å². The zero-order valence-electron chi connectivity index (χ0n) is 8.89. The lowest BCUT2D eigenvalue weighted by Crippen LogP contribution is -2.29. The molecular weight excluding hydrogens is 217 g/mol. The van der Waals surface area contributed by atoms with E-state index in [1.807, 2.05) is 0 Å². The number of methoxy groups -OCH3 is 1. The smallest absolute Gasteiger partial charge is 0.147 e. The molecule has 1 rings (SSSR count). The van der Waals surface area contributed by atoms with Gasteiger partial charge in [-0.15, -0.1) is 0 Å². The lowest BCUT2D eigenvalue weighted by molar-refractivity contribution is 0.169. The van der Waals surface area contributed by atoms with Crippen molar-refractivity contribution in [2.75, 3.05) is 13.7 Å². The Morgan fingerprint density at radius 1 is 1.53 bits per heavy atom. The minimum Gasteiger partial charge on any atom is -0.495 e. The van der Waals surface area contributed by atoms with E-state index in [2.05, 4.69) is 0 Å². The third-order valence-electron chi connectivity index (χ3n) is 2.55. The SMILES string of the molecule is CCC(F)(CN)c1ccc(OC)c(Cl)c1. The lowest BCUT2D eigenvalue weighted by atomic mass is 9.93. The summed E-state index contributed by atoms with van der Waals surface area (Å²) >= 11 is 5.92. The first-order chi connectivity index (χ1) is 7.07. The second kappa shape index (κ2) is 4.81. The van der Waals surface area contributed by atoms with Crippen LogP contribution in [-0.4, -0.2) is 13.7 Å². The van der Waals surface area contributed by atoms with Crippen LogP contribution in [0.5, 0.6) is 5.75 Å². The fourth-order valence-electron chi connectivity index (χ4n) is 1.41. The highest BCUT2D eigenvalue weighted by atomic mass is 35.5. The summed E-state index contributed by atoms with van der Waals surface area (Å²) in [7, 11) is 1.52. The van der Waals surface area contributed by atoms with Crippen molar-refractivity contribution in [1.29, 1.82) is 0 Å². The molecule has 0 heterocycles. The van der Waals surface area contributed by atoms with Crippen LogP contribution < -0.4 is 10.5 Å². The van der Waals surface area contributed by atoms with E-state index in [-0.39, 0.29) is 6.54 Å². The average molecular weight is 232 g/mol. The maximum Gasteiger partial charge on any atom is 0.147 e. The number of nitrogens with two attached hydrogens (primary N) is 1. The monoisotopic (exact) mass is 231 g/mol. The molecule has 0 bridgehead atoms. The van der Waals surface area contributed by atoms with Crippen LogP contribution >= 0.6 is 11.6 Å². The predicted octanol–water partition coefficient (Wildman–Crippen LogP) is 2.88. The molecule has 1 aromatic carbocycles. The summed E-state index contributed by atoms with van der Waals surface area (Å²) in [5.74, 6) is 0.538. The van der Waals surface area contributed by atoms with Crippen molar-refractivity contribution in [1.82, 2.24) is 0 Å². The lowest BCUT2D eigenvalue weighted by Gasteiger charge is -2.22. The first kappa shape index (κ1) is 12.3. The average Bonchev–Trinajstić information content (AvgIpc) is 2.28. The summed E-state index contributed by atoms with van der Waals surface area (Å²) < 4.78 is 19.2. The van der Waals surface area contributed by atoms with Crippen LogP contribution in [0.1, 0.15) is 18.9 Å². The number of benzene rings is 1. The number of hydrogen-bond acceptors (Lipinski definition) is 2. The fourth-order valence-corrected chi connectivity index (χ4v) is 1.67. The molecule has 0 amide bonds. The van der Waals surface area contributed by atoms with E-state index in [1.54, 1.807) is 25.1 Å². The molecule has 0 aliphatic carbocycles. The molecule has 2 nitrogen and oxygen atoms in total. The zero-order valence-corrected chi connectivity index (χ0v) is 9.64. The fraction of sp³-hybridized carbons (Fsp3) is 0.455. The van der Waals surface area contributed by atoms with Crippen LogP contribution in [0.4, 0.5) is 4.39 Å². The number of halogens is 2. The number of hydrogen-bond donors (Lipinski definition) is 1. The molecule has 1 aromatic rings. The molecule has 0 aliphatic heterocycles. The van der Waals surface area contributed by atoms with Crippen molar-refractivity contribution in [3.63, 3.8) is 0 Å². The highest BCUT2D eigenvalue weighted by Gasteiger charge is 2.28. The van der Waals surface area contributed by atoms with E-state index < -0.39 is 5.67 Å². The van der Waals surface area contributed by atoms with Gasteiger partial charge in [-0.3, -0.25) is 0 Å². The van der Waals surface area contributed by atoms with Gasteiger partial charge in [0.25, 0.3) is 0 Å². The first-order valence-electron chi connectivity index (χ1n) is 4.80. The Morgan fingerprint density at radius 3 is 2.60 bits per heavy atom. The van der Waals surface area contributed by atoms with Gasteiger partial charge in [0.1, 0.15) is 11.4 Å². The third-order valence-corrected chi connectivity index (χ3v) is 2.85. The van der Waals surface area contributed by atoms with Gasteiger partial charge in [0.15, 0.2) is 0 Å². The van der Waals surface area contributed by atoms with E-state index in [4.69, 9.17) is 22.1 Å². The van der Waals surface area contributed by atoms with Crippen LogP contribution in [-0.2, 0) is 5.67 Å². The van der Waals surface area contributed by atoms with Gasteiger partial charge in [-0.05, 0) is 24.1 Å². The molecule has 84 valence electrons. The molecule has 0 saturated heterocycles. The van der Waals surface area contributed by atoms with E-state index in [0.29, 0.717) is 22.8 Å². The normalized spacial score (nSPS) is 14.7. The maximum absolute atomic E-state index is 14.2. The van der Waals surface area contributed by atoms with Gasteiger partial charge in [0.2, 0.25) is 0 Å². The Kier molecular flexibility index (Phi) is 3.94. The molecule has 15 heavy (non-hydrogen) atoms. The molecule has 0 aromatic heterocycles. The standard InChI is InChI=1S/C11H15ClFNO/c1-3-11(13,7-14)8-4-5-10(15-2)9(12)6-8/h4-6H,3,7,14H2,1-2H3. The van der Waals surface area contributed by atoms with Gasteiger partial charge >= 0.3 is 0 Å². The molecule has 1 atom stereocenters. The number of ether oxygens (including phenoxy) is 1. The molecule has 0 fully saturated rings. The van der Waals surface area contributed by atoms with E-state index >= 15 is 0 Å². The minimum atomic E-state index is -1.50. The number of rotatable bonds is 4. The summed E-state index contributed by atoms with van der Waals surface area (Å²) in [4.78, 5) is 0. The maximum atomic E-state index is 14.2. The van der Waals surface area contributed by atoms with Gasteiger partial charge < -0.3 is 10.5 Å². The van der Waals surface area contributed by atoms with Gasteiger partial charge in [0.05, 0.1) is 12.1 Å². The summed E-state index contributed by atoms with van der Waals surface area (Å²) in [5, 5.41) is 0.402. The van der Waals surface area contributed by atoms with Crippen molar-refractivity contribution in [2.45, 2.75) is 19.0 Å². The topological polar surface area (TPSA) is 35.2 Å². The van der Waals surface area contributed by atoms with Crippen molar-refractivity contribution >= 4 is 11.6 Å². The second-order valence-electron chi connectivity index (χ2n) is 3.37. The van der Waals surface area contributed by atoms with Crippen LogP contribution in [0.25, 0.3) is 0 Å². The van der Waals surface area contributed by atoms with Crippen molar-refractivity contribution in [3.05, 3.63) is 28.8 Å². The molecule has 0 radical (unpaired) electrons. The van der Waals surface area contributed by atoms with Crippen molar-refractivity contribution in [3.8, 4) is 5.75 Å². The van der Waals surface area contributed by atoms with Crippen LogP contribution in [0.3, 0.4) is 0 Å². The van der Waals surface area contributed by atoms with E-state index in [9.17, 15) is 4.39 Å². The van der Waals surface area contributed by atoms with Crippen molar-refractivity contribution in [2.24, 2.45) is 5.73 Å². The van der Waals surface area contributed by atoms with Gasteiger partial charge in [0, 0.05) is 6.54 Å². The van der Waals surface area contributed by atoms with Gasteiger partial charge in [-0.2, -0.15) is 0 Å². The molecule has 2 N–H and O–H groups in total. The van der Waals surface area contributed by atoms with Crippen molar-refractivity contribution < 1.29 is 9.13 Å². The van der Waals surface area contributed by atoms with Crippen LogP contribution in [0.15, 0.2) is 18.2 Å². The van der Waals surface area contributed by atoms with E-state index in [1.165, 1.54) is 7.11 Å². The Morgan fingerprint density at radius 2 is 2.20 bits per heavy atom. The Balaban J connectivity index is 3.11. The highest BCUT2D eigenvalue weighted by molar-refractivity contribution is 6.32. The third kappa shape index (κ3) is 2.41. The Bertz CT molecular complexity index is 339. The first-order valence-corrected chi connectivity index (χ1v) is 5.18. The van der Waals surface area contributed by atoms with E-state index in [0.717, 1.165) is 0 Å². The summed E-state index contributed by atoms with van der Waals surface area (Å²) in [5.41, 5.74) is 4.42. The quantitative estimate of drug-likeness (QED) is 0.865. The zero-order chi connectivity index (χ0) is 11.5. The molecule has 0 spiro atoms. The number of alkyl halides is 1. The Labute approximate surface area is 94.2 Å². The molecular formula is C11H15ClFNO. The van der Waals surface area contributed by atoms with Gasteiger partial charge in [-0.25, -0.2) is 4.39 Å². The Hall–Kier alpha value is -0.800. The largest absolute Gasteiger partial charge is 0.495 e. The minimum absolute atomic E-state index is 0.0494. The predicted molar refractivity (Wildman–Crippen MR) is 60.1 cm³/mol. The molecule has 1 unspecified atom stereocenters. The molecule has 4 heteroatoms. The molecule has 0 aliphatic rings. The second-order valence-corrected chi connectivity index (χ2v) is 3.78. The van der Waals surface area contributed by atoms with Crippen LogP contribution in [0.2, 0.25) is 5.02 Å². The summed E-state index contributed by atoms with van der Waals surface area (Å²) in [6.07, 6.45) is 0.326.